The minimum absolute atomic E-state index is 0.0134. The van der Waals surface area contributed by atoms with Crippen molar-refractivity contribution in [1.29, 1.82) is 0 Å². The van der Waals surface area contributed by atoms with Gasteiger partial charge in [0.05, 0.1) is 11.1 Å². The molecular weight excluding hydrogens is 332 g/mol. The van der Waals surface area contributed by atoms with E-state index in [1.165, 1.54) is 0 Å². The number of likely N-dealkylation sites (tertiary alicyclic amines) is 1. The summed E-state index contributed by atoms with van der Waals surface area (Å²) in [5.41, 5.74) is 2.09. The van der Waals surface area contributed by atoms with Gasteiger partial charge in [-0.2, -0.15) is 0 Å². The fourth-order valence-electron chi connectivity index (χ4n) is 4.03. The van der Waals surface area contributed by atoms with Crippen LogP contribution in [0.2, 0.25) is 0 Å². The van der Waals surface area contributed by atoms with Gasteiger partial charge in [-0.15, -0.1) is 0 Å². The second-order valence-corrected chi connectivity index (χ2v) is 7.35. The van der Waals surface area contributed by atoms with Crippen molar-refractivity contribution in [3.05, 3.63) is 35.4 Å². The van der Waals surface area contributed by atoms with E-state index in [4.69, 9.17) is 4.84 Å². The van der Waals surface area contributed by atoms with Crippen molar-refractivity contribution in [2.75, 3.05) is 13.1 Å². The van der Waals surface area contributed by atoms with Crippen LogP contribution in [0.3, 0.4) is 0 Å². The first-order valence-electron chi connectivity index (χ1n) is 9.25. The highest BCUT2D eigenvalue weighted by Crippen LogP contribution is 2.38. The summed E-state index contributed by atoms with van der Waals surface area (Å²) >= 11 is 0. The van der Waals surface area contributed by atoms with Crippen LogP contribution in [0.1, 0.15) is 50.2 Å². The normalized spacial score (nSPS) is 25.5. The second-order valence-electron chi connectivity index (χ2n) is 7.35. The van der Waals surface area contributed by atoms with Crippen molar-refractivity contribution in [2.24, 2.45) is 10.6 Å². The lowest BCUT2D eigenvalue weighted by molar-refractivity contribution is -0.158. The van der Waals surface area contributed by atoms with Crippen molar-refractivity contribution in [1.82, 2.24) is 4.90 Å². The van der Waals surface area contributed by atoms with Crippen molar-refractivity contribution in [2.45, 2.75) is 52.1 Å². The molecule has 0 radical (unpaired) electrons. The number of amides is 1. The molecule has 1 saturated heterocycles. The Morgan fingerprint density at radius 2 is 2.15 bits per heavy atom. The monoisotopic (exact) mass is 358 g/mol. The fourth-order valence-corrected chi connectivity index (χ4v) is 4.03. The van der Waals surface area contributed by atoms with Crippen LogP contribution in [-0.4, -0.2) is 46.8 Å². The second kappa shape index (κ2) is 7.48. The van der Waals surface area contributed by atoms with Crippen molar-refractivity contribution >= 4 is 17.6 Å². The molecule has 0 spiro atoms. The first-order valence-corrected chi connectivity index (χ1v) is 9.25. The summed E-state index contributed by atoms with van der Waals surface area (Å²) in [5, 5.41) is 14.1. The molecule has 2 heterocycles. The number of carbonyl (C=O) groups excluding carboxylic acids is 1. The SMILES string of the molecule is CCC(=O)N1CCC[C@](C[C@@H]2CC(c3ccccc3C)=NO2)(C(=O)O)C1. The summed E-state index contributed by atoms with van der Waals surface area (Å²) in [6, 6.07) is 7.98. The lowest BCUT2D eigenvalue weighted by Crippen LogP contribution is -2.51. The summed E-state index contributed by atoms with van der Waals surface area (Å²) in [7, 11) is 0. The molecule has 6 heteroatoms. The summed E-state index contributed by atoms with van der Waals surface area (Å²) in [6.07, 6.45) is 2.37. The maximum Gasteiger partial charge on any atom is 0.311 e. The Morgan fingerprint density at radius 1 is 1.38 bits per heavy atom. The van der Waals surface area contributed by atoms with Crippen LogP contribution in [0.5, 0.6) is 0 Å². The third-order valence-corrected chi connectivity index (χ3v) is 5.49. The van der Waals surface area contributed by atoms with Crippen LogP contribution in [-0.2, 0) is 14.4 Å². The number of rotatable bonds is 5. The highest BCUT2D eigenvalue weighted by molar-refractivity contribution is 6.02. The molecule has 2 aliphatic rings. The minimum atomic E-state index is -0.954. The van der Waals surface area contributed by atoms with Crippen molar-refractivity contribution < 1.29 is 19.5 Å². The largest absolute Gasteiger partial charge is 0.481 e. The minimum Gasteiger partial charge on any atom is -0.481 e. The third-order valence-electron chi connectivity index (χ3n) is 5.49. The van der Waals surface area contributed by atoms with E-state index in [-0.39, 0.29) is 18.6 Å². The summed E-state index contributed by atoms with van der Waals surface area (Å²) in [6.45, 7) is 4.73. The Hall–Kier alpha value is -2.37. The van der Waals surface area contributed by atoms with Crippen molar-refractivity contribution in [3.63, 3.8) is 0 Å². The van der Waals surface area contributed by atoms with Gasteiger partial charge in [0, 0.05) is 37.9 Å². The standard InChI is InChI=1S/C20H26N2O4/c1-3-18(23)22-10-6-9-20(13-22,19(24)25)12-15-11-17(21-26-15)16-8-5-4-7-14(16)2/h4-5,7-8,15H,3,6,9-13H2,1-2H3,(H,24,25)/t15-,20+/m0/s1. The number of piperidine rings is 1. The number of carboxylic acid groups (broad SMARTS) is 1. The van der Waals surface area contributed by atoms with E-state index in [1.54, 1.807) is 4.90 Å². The zero-order chi connectivity index (χ0) is 18.7. The quantitative estimate of drug-likeness (QED) is 0.877. The Labute approximate surface area is 153 Å². The topological polar surface area (TPSA) is 79.2 Å². The molecule has 140 valence electrons. The number of carboxylic acids is 1. The smallest absolute Gasteiger partial charge is 0.311 e. The molecule has 1 aromatic rings. The van der Waals surface area contributed by atoms with Gasteiger partial charge in [-0.25, -0.2) is 0 Å². The number of oxime groups is 1. The first-order chi connectivity index (χ1) is 12.4. The molecule has 1 amide bonds. The lowest BCUT2D eigenvalue weighted by atomic mass is 9.74. The summed E-state index contributed by atoms with van der Waals surface area (Å²) in [5.74, 6) is -0.835. The first kappa shape index (κ1) is 18.4. The Bertz CT molecular complexity index is 730. The molecule has 2 aliphatic heterocycles. The summed E-state index contributed by atoms with van der Waals surface area (Å²) in [4.78, 5) is 31.4. The predicted octanol–water partition coefficient (Wildman–Crippen LogP) is 2.98. The van der Waals surface area contributed by atoms with Crippen molar-refractivity contribution in [3.8, 4) is 0 Å². The molecule has 1 aromatic carbocycles. The van der Waals surface area contributed by atoms with E-state index in [0.29, 0.717) is 38.6 Å². The number of nitrogens with zero attached hydrogens (tertiary/aromatic N) is 2. The zero-order valence-corrected chi connectivity index (χ0v) is 15.4. The average Bonchev–Trinajstić information content (AvgIpc) is 3.09. The van der Waals surface area contributed by atoms with Gasteiger partial charge < -0.3 is 14.8 Å². The van der Waals surface area contributed by atoms with E-state index in [1.807, 2.05) is 38.1 Å². The van der Waals surface area contributed by atoms with Crippen LogP contribution < -0.4 is 0 Å². The van der Waals surface area contributed by atoms with E-state index >= 15 is 0 Å². The lowest BCUT2D eigenvalue weighted by Gasteiger charge is -2.40. The van der Waals surface area contributed by atoms with E-state index in [9.17, 15) is 14.7 Å². The van der Waals surface area contributed by atoms with Crippen LogP contribution in [0.25, 0.3) is 0 Å². The van der Waals surface area contributed by atoms with Gasteiger partial charge in [-0.1, -0.05) is 36.3 Å². The molecule has 0 aromatic heterocycles. The molecule has 0 bridgehead atoms. The number of benzene rings is 1. The molecule has 1 N–H and O–H groups in total. The molecule has 1 fully saturated rings. The number of carbonyl (C=O) groups is 2. The molecule has 0 unspecified atom stereocenters. The fraction of sp³-hybridized carbons (Fsp3) is 0.550. The van der Waals surface area contributed by atoms with Crippen LogP contribution >= 0.6 is 0 Å². The number of hydrogen-bond donors (Lipinski definition) is 1. The molecular formula is C20H26N2O4. The van der Waals surface area contributed by atoms with Gasteiger partial charge in [0.1, 0.15) is 6.10 Å². The molecule has 0 saturated carbocycles. The Balaban J connectivity index is 1.71. The molecule has 3 rings (SSSR count). The highest BCUT2D eigenvalue weighted by Gasteiger charge is 2.46. The van der Waals surface area contributed by atoms with E-state index < -0.39 is 11.4 Å². The van der Waals surface area contributed by atoms with E-state index in [2.05, 4.69) is 5.16 Å². The zero-order valence-electron chi connectivity index (χ0n) is 15.4. The van der Waals surface area contributed by atoms with Crippen LogP contribution in [0.4, 0.5) is 0 Å². The van der Waals surface area contributed by atoms with Gasteiger partial charge in [0.15, 0.2) is 0 Å². The molecule has 2 atom stereocenters. The van der Waals surface area contributed by atoms with Crippen LogP contribution in [0, 0.1) is 12.3 Å². The van der Waals surface area contributed by atoms with Gasteiger partial charge in [0.25, 0.3) is 0 Å². The van der Waals surface area contributed by atoms with E-state index in [0.717, 1.165) is 16.8 Å². The third kappa shape index (κ3) is 3.59. The molecule has 6 nitrogen and oxygen atoms in total. The van der Waals surface area contributed by atoms with Crippen LogP contribution in [0.15, 0.2) is 29.4 Å². The number of aliphatic carboxylic acids is 1. The maximum absolute atomic E-state index is 12.1. The van der Waals surface area contributed by atoms with Gasteiger partial charge in [-0.3, -0.25) is 9.59 Å². The Morgan fingerprint density at radius 3 is 2.85 bits per heavy atom. The summed E-state index contributed by atoms with van der Waals surface area (Å²) < 4.78 is 0. The maximum atomic E-state index is 12.1. The average molecular weight is 358 g/mol. The highest BCUT2D eigenvalue weighted by atomic mass is 16.6. The van der Waals surface area contributed by atoms with Gasteiger partial charge >= 0.3 is 5.97 Å². The Kier molecular flexibility index (Phi) is 5.30. The predicted molar refractivity (Wildman–Crippen MR) is 98.0 cm³/mol. The van der Waals surface area contributed by atoms with Gasteiger partial charge in [-0.05, 0) is 25.3 Å². The van der Waals surface area contributed by atoms with Gasteiger partial charge in [0.2, 0.25) is 5.91 Å². The molecule has 0 aliphatic carbocycles. The molecule has 26 heavy (non-hydrogen) atoms. The number of aryl methyl sites for hydroxylation is 1. The number of hydrogen-bond acceptors (Lipinski definition) is 4.